The van der Waals surface area contributed by atoms with E-state index < -0.39 is 12.0 Å². The number of nitrogens with one attached hydrogen (secondary N) is 2. The molecule has 156 valence electrons. The van der Waals surface area contributed by atoms with Crippen LogP contribution in [0.4, 0.5) is 17.1 Å². The Morgan fingerprint density at radius 3 is 2.77 bits per heavy atom. The van der Waals surface area contributed by atoms with Gasteiger partial charge in [-0.3, -0.25) is 14.4 Å². The lowest BCUT2D eigenvalue weighted by atomic mass is 10.1. The molecule has 7 nitrogen and oxygen atoms in total. The molecule has 0 saturated carbocycles. The quantitative estimate of drug-likeness (QED) is 0.685. The fourth-order valence-corrected chi connectivity index (χ4v) is 4.09. The minimum absolute atomic E-state index is 0.0726. The van der Waals surface area contributed by atoms with Crippen LogP contribution in [-0.2, 0) is 14.4 Å². The molecule has 3 aromatic rings. The predicted molar refractivity (Wildman–Crippen MR) is 118 cm³/mol. The first-order chi connectivity index (χ1) is 15.0. The fraction of sp³-hybridized carbons (Fsp3) is 0.208. The number of fused-ring (bicyclic) bond motifs is 2. The van der Waals surface area contributed by atoms with Crippen molar-refractivity contribution < 1.29 is 19.1 Å². The molecule has 2 atom stereocenters. The Balaban J connectivity index is 1.33. The van der Waals surface area contributed by atoms with E-state index in [-0.39, 0.29) is 24.1 Å². The fourth-order valence-electron chi connectivity index (χ4n) is 4.09. The van der Waals surface area contributed by atoms with E-state index in [2.05, 4.69) is 10.6 Å². The van der Waals surface area contributed by atoms with Crippen LogP contribution >= 0.6 is 0 Å². The third kappa shape index (κ3) is 3.48. The van der Waals surface area contributed by atoms with Crippen molar-refractivity contribution in [3.05, 3.63) is 60.7 Å². The monoisotopic (exact) mass is 415 g/mol. The van der Waals surface area contributed by atoms with Crippen LogP contribution in [0.25, 0.3) is 10.8 Å². The van der Waals surface area contributed by atoms with Crippen LogP contribution in [0.1, 0.15) is 13.3 Å². The lowest BCUT2D eigenvalue weighted by Crippen LogP contribution is -2.34. The maximum absolute atomic E-state index is 12.9. The van der Waals surface area contributed by atoms with Crippen molar-refractivity contribution >= 4 is 45.6 Å². The van der Waals surface area contributed by atoms with Gasteiger partial charge in [-0.25, -0.2) is 0 Å². The molecule has 3 amide bonds. The van der Waals surface area contributed by atoms with Crippen molar-refractivity contribution in [2.45, 2.75) is 19.4 Å². The summed E-state index contributed by atoms with van der Waals surface area (Å²) in [4.78, 5) is 39.1. The number of carbonyl (C=O) groups is 3. The lowest BCUT2D eigenvalue weighted by molar-refractivity contribution is -0.122. The van der Waals surface area contributed by atoms with Crippen molar-refractivity contribution in [2.24, 2.45) is 5.92 Å². The number of benzene rings is 3. The molecule has 1 fully saturated rings. The molecule has 0 aliphatic carbocycles. The molecule has 2 heterocycles. The average Bonchev–Trinajstić information content (AvgIpc) is 3.16. The first-order valence-corrected chi connectivity index (χ1v) is 10.2. The van der Waals surface area contributed by atoms with Gasteiger partial charge in [0.1, 0.15) is 5.75 Å². The van der Waals surface area contributed by atoms with Crippen LogP contribution in [-0.4, -0.2) is 30.4 Å². The van der Waals surface area contributed by atoms with Gasteiger partial charge in [0.2, 0.25) is 11.8 Å². The molecule has 0 bridgehead atoms. The second kappa shape index (κ2) is 7.43. The van der Waals surface area contributed by atoms with E-state index in [1.807, 2.05) is 42.5 Å². The molecule has 2 aliphatic rings. The van der Waals surface area contributed by atoms with E-state index in [1.54, 1.807) is 30.0 Å². The van der Waals surface area contributed by atoms with Gasteiger partial charge in [0.05, 0.1) is 17.3 Å². The largest absolute Gasteiger partial charge is 0.479 e. The van der Waals surface area contributed by atoms with Gasteiger partial charge in [-0.2, -0.15) is 0 Å². The van der Waals surface area contributed by atoms with Crippen molar-refractivity contribution in [3.8, 4) is 5.75 Å². The van der Waals surface area contributed by atoms with Gasteiger partial charge in [-0.15, -0.1) is 0 Å². The highest BCUT2D eigenvalue weighted by atomic mass is 16.5. The molecule has 31 heavy (non-hydrogen) atoms. The van der Waals surface area contributed by atoms with Crippen LogP contribution in [0.5, 0.6) is 5.75 Å². The third-order valence-electron chi connectivity index (χ3n) is 5.73. The SMILES string of the molecule is C[C@@H]1Oc2ccc(NC(=O)[C@H]3CC(=O)N(c4cccc5ccccc45)C3)cc2NC1=O. The molecule has 5 rings (SSSR count). The van der Waals surface area contributed by atoms with Crippen LogP contribution in [0.2, 0.25) is 0 Å². The summed E-state index contributed by atoms with van der Waals surface area (Å²) in [5, 5.41) is 7.67. The normalized spacial score (nSPS) is 20.2. The van der Waals surface area contributed by atoms with E-state index in [0.717, 1.165) is 16.5 Å². The Morgan fingerprint density at radius 1 is 1.10 bits per heavy atom. The summed E-state index contributed by atoms with van der Waals surface area (Å²) in [5.74, 6) is -0.441. The summed E-state index contributed by atoms with van der Waals surface area (Å²) in [6.07, 6.45) is -0.408. The van der Waals surface area contributed by atoms with Crippen molar-refractivity contribution in [1.29, 1.82) is 0 Å². The number of rotatable bonds is 3. The third-order valence-corrected chi connectivity index (χ3v) is 5.73. The topological polar surface area (TPSA) is 87.7 Å². The molecule has 0 spiro atoms. The van der Waals surface area contributed by atoms with Gasteiger partial charge < -0.3 is 20.3 Å². The molecule has 0 radical (unpaired) electrons. The molecule has 1 saturated heterocycles. The number of carbonyl (C=O) groups excluding carboxylic acids is 3. The standard InChI is InChI=1S/C24H21N3O4/c1-14-23(29)26-19-12-17(9-10-21(19)31-14)25-24(30)16-11-22(28)27(13-16)20-8-4-6-15-5-2-3-7-18(15)20/h2-10,12,14,16H,11,13H2,1H3,(H,25,30)(H,26,29)/t14-,16-/m0/s1. The Hall–Kier alpha value is -3.87. The van der Waals surface area contributed by atoms with Crippen molar-refractivity contribution in [3.63, 3.8) is 0 Å². The van der Waals surface area contributed by atoms with Crippen LogP contribution in [0.3, 0.4) is 0 Å². The van der Waals surface area contributed by atoms with E-state index in [0.29, 0.717) is 23.7 Å². The zero-order valence-corrected chi connectivity index (χ0v) is 16.9. The zero-order valence-electron chi connectivity index (χ0n) is 16.9. The van der Waals surface area contributed by atoms with E-state index in [1.165, 1.54) is 0 Å². The summed E-state index contributed by atoms with van der Waals surface area (Å²) in [5.41, 5.74) is 1.88. The molecular formula is C24H21N3O4. The molecule has 0 aromatic heterocycles. The van der Waals surface area contributed by atoms with Crippen molar-refractivity contribution in [2.75, 3.05) is 22.1 Å². The minimum atomic E-state index is -0.558. The highest BCUT2D eigenvalue weighted by molar-refractivity contribution is 6.08. The number of hydrogen-bond acceptors (Lipinski definition) is 4. The Bertz CT molecular complexity index is 1220. The second-order valence-corrected chi connectivity index (χ2v) is 7.85. The molecule has 3 aromatic carbocycles. The maximum Gasteiger partial charge on any atom is 0.265 e. The zero-order chi connectivity index (χ0) is 21.5. The first-order valence-electron chi connectivity index (χ1n) is 10.2. The average molecular weight is 415 g/mol. The molecule has 2 aliphatic heterocycles. The lowest BCUT2D eigenvalue weighted by Gasteiger charge is -2.24. The summed E-state index contributed by atoms with van der Waals surface area (Å²) in [7, 11) is 0. The Labute approximate surface area is 179 Å². The first kappa shape index (κ1) is 19.1. The van der Waals surface area contributed by atoms with Gasteiger partial charge >= 0.3 is 0 Å². The van der Waals surface area contributed by atoms with Gasteiger partial charge in [0, 0.05) is 24.0 Å². The highest BCUT2D eigenvalue weighted by Crippen LogP contribution is 2.34. The molecule has 7 heteroatoms. The predicted octanol–water partition coefficient (Wildman–Crippen LogP) is 3.55. The number of hydrogen-bond donors (Lipinski definition) is 2. The Morgan fingerprint density at radius 2 is 1.90 bits per heavy atom. The number of nitrogens with zero attached hydrogens (tertiary/aromatic N) is 1. The summed E-state index contributed by atoms with van der Waals surface area (Å²) >= 11 is 0. The molecular weight excluding hydrogens is 394 g/mol. The number of amides is 3. The number of anilines is 3. The maximum atomic E-state index is 12.9. The van der Waals surface area contributed by atoms with Gasteiger partial charge in [0.15, 0.2) is 6.10 Å². The van der Waals surface area contributed by atoms with Gasteiger partial charge in [0.25, 0.3) is 5.91 Å². The van der Waals surface area contributed by atoms with Crippen LogP contribution < -0.4 is 20.3 Å². The van der Waals surface area contributed by atoms with E-state index in [9.17, 15) is 14.4 Å². The molecule has 0 unspecified atom stereocenters. The summed E-state index contributed by atoms with van der Waals surface area (Å²) < 4.78 is 5.54. The molecule has 2 N–H and O–H groups in total. The Kier molecular flexibility index (Phi) is 4.58. The van der Waals surface area contributed by atoms with E-state index in [4.69, 9.17) is 4.74 Å². The summed E-state index contributed by atoms with van der Waals surface area (Å²) in [6.45, 7) is 1.99. The smallest absolute Gasteiger partial charge is 0.265 e. The minimum Gasteiger partial charge on any atom is -0.479 e. The van der Waals surface area contributed by atoms with Crippen LogP contribution in [0, 0.1) is 5.92 Å². The van der Waals surface area contributed by atoms with Gasteiger partial charge in [-0.05, 0) is 36.6 Å². The second-order valence-electron chi connectivity index (χ2n) is 7.85. The summed E-state index contributed by atoms with van der Waals surface area (Å²) in [6, 6.07) is 18.8. The van der Waals surface area contributed by atoms with Crippen LogP contribution in [0.15, 0.2) is 60.7 Å². The van der Waals surface area contributed by atoms with Crippen molar-refractivity contribution in [1.82, 2.24) is 0 Å². The van der Waals surface area contributed by atoms with Gasteiger partial charge in [-0.1, -0.05) is 36.4 Å². The van der Waals surface area contributed by atoms with E-state index >= 15 is 0 Å². The number of ether oxygens (including phenoxy) is 1. The highest BCUT2D eigenvalue weighted by Gasteiger charge is 2.36.